The van der Waals surface area contributed by atoms with Crippen molar-refractivity contribution in [3.05, 3.63) is 40.6 Å². The summed E-state index contributed by atoms with van der Waals surface area (Å²) in [5.41, 5.74) is 7.12. The molecule has 116 valence electrons. The highest BCUT2D eigenvalue weighted by Crippen LogP contribution is 2.28. The minimum absolute atomic E-state index is 0.227. The van der Waals surface area contributed by atoms with Gasteiger partial charge in [0.15, 0.2) is 0 Å². The zero-order valence-corrected chi connectivity index (χ0v) is 13.1. The van der Waals surface area contributed by atoms with Crippen LogP contribution in [0, 0.1) is 0 Å². The summed E-state index contributed by atoms with van der Waals surface area (Å²) >= 11 is 0. The van der Waals surface area contributed by atoms with Crippen LogP contribution in [-0.4, -0.2) is 28.9 Å². The molecule has 5 heteroatoms. The van der Waals surface area contributed by atoms with Crippen molar-refractivity contribution in [2.45, 2.75) is 33.2 Å². The highest BCUT2D eigenvalue weighted by molar-refractivity contribution is 6.07. The van der Waals surface area contributed by atoms with Crippen molar-refractivity contribution in [3.8, 4) is 0 Å². The van der Waals surface area contributed by atoms with E-state index in [1.165, 1.54) is 5.56 Å². The van der Waals surface area contributed by atoms with Crippen molar-refractivity contribution in [2.24, 2.45) is 5.84 Å². The smallest absolute Gasteiger partial charge is 0.266 e. The van der Waals surface area contributed by atoms with Crippen LogP contribution in [0.1, 0.15) is 41.0 Å². The molecule has 0 aliphatic carbocycles. The molecule has 1 aliphatic heterocycles. The van der Waals surface area contributed by atoms with E-state index in [1.807, 2.05) is 6.07 Å². The molecule has 1 amide bonds. The minimum Gasteiger partial charge on any atom is -0.299 e. The van der Waals surface area contributed by atoms with Gasteiger partial charge in [0.05, 0.1) is 11.1 Å². The van der Waals surface area contributed by atoms with Crippen LogP contribution in [0.2, 0.25) is 0 Å². The molecule has 0 bridgehead atoms. The van der Waals surface area contributed by atoms with Gasteiger partial charge in [0.2, 0.25) is 0 Å². The van der Waals surface area contributed by atoms with Crippen LogP contribution in [0.5, 0.6) is 0 Å². The number of carbonyl (C=O) groups is 1. The number of nitrogens with one attached hydrogen (secondary N) is 1. The fraction of sp³-hybridized carbons (Fsp3) is 0.412. The van der Waals surface area contributed by atoms with Crippen molar-refractivity contribution in [1.82, 2.24) is 15.3 Å². The molecule has 1 aliphatic rings. The van der Waals surface area contributed by atoms with Crippen molar-refractivity contribution in [1.29, 1.82) is 0 Å². The van der Waals surface area contributed by atoms with E-state index in [4.69, 9.17) is 10.8 Å². The largest absolute Gasteiger partial charge is 0.299 e. The maximum Gasteiger partial charge on any atom is 0.266 e. The van der Waals surface area contributed by atoms with Crippen LogP contribution in [0.4, 0.5) is 0 Å². The summed E-state index contributed by atoms with van der Waals surface area (Å²) < 4.78 is 0. The van der Waals surface area contributed by atoms with Crippen molar-refractivity contribution >= 4 is 16.8 Å². The number of pyridine rings is 1. The van der Waals surface area contributed by atoms with Crippen LogP contribution in [0.25, 0.3) is 10.9 Å². The van der Waals surface area contributed by atoms with Crippen molar-refractivity contribution in [2.75, 3.05) is 13.1 Å². The molecule has 3 rings (SSSR count). The Kier molecular flexibility index (Phi) is 4.09. The summed E-state index contributed by atoms with van der Waals surface area (Å²) in [7, 11) is 0. The molecule has 0 fully saturated rings. The summed E-state index contributed by atoms with van der Waals surface area (Å²) in [4.78, 5) is 19.5. The average molecular weight is 298 g/mol. The van der Waals surface area contributed by atoms with E-state index in [-0.39, 0.29) is 5.91 Å². The Hall–Kier alpha value is -1.98. The SMILES string of the molecule is CCc1ccc2nc3c(c(C(=O)NN)c2c1)CN(CC)CC3. The van der Waals surface area contributed by atoms with Gasteiger partial charge in [-0.15, -0.1) is 0 Å². The first kappa shape index (κ1) is 14.9. The van der Waals surface area contributed by atoms with Crippen LogP contribution in [0.15, 0.2) is 18.2 Å². The molecular formula is C17H22N4O. The van der Waals surface area contributed by atoms with Crippen molar-refractivity contribution in [3.63, 3.8) is 0 Å². The van der Waals surface area contributed by atoms with Crippen LogP contribution in [0.3, 0.4) is 0 Å². The Balaban J connectivity index is 2.27. The van der Waals surface area contributed by atoms with E-state index < -0.39 is 0 Å². The number of hydrogen-bond acceptors (Lipinski definition) is 4. The maximum atomic E-state index is 12.4. The number of likely N-dealkylation sites (N-methyl/N-ethyl adjacent to an activating group) is 1. The molecule has 1 aromatic heterocycles. The van der Waals surface area contributed by atoms with Gasteiger partial charge in [0.25, 0.3) is 5.91 Å². The molecule has 1 aromatic carbocycles. The molecule has 2 heterocycles. The standard InChI is InChI=1S/C17H22N4O/c1-3-11-5-6-14-12(9-11)16(17(22)20-18)13-10-21(4-2)8-7-15(13)19-14/h5-6,9H,3-4,7-8,10,18H2,1-2H3,(H,20,22). The zero-order valence-electron chi connectivity index (χ0n) is 13.1. The van der Waals surface area contributed by atoms with Gasteiger partial charge in [-0.05, 0) is 30.7 Å². The molecule has 0 atom stereocenters. The van der Waals surface area contributed by atoms with Gasteiger partial charge < -0.3 is 0 Å². The molecule has 0 spiro atoms. The predicted molar refractivity (Wildman–Crippen MR) is 87.4 cm³/mol. The highest BCUT2D eigenvalue weighted by Gasteiger charge is 2.25. The predicted octanol–water partition coefficient (Wildman–Crippen LogP) is 1.78. The Morgan fingerprint density at radius 3 is 2.91 bits per heavy atom. The number of nitrogen functional groups attached to an aromatic ring is 1. The molecular weight excluding hydrogens is 276 g/mol. The van der Waals surface area contributed by atoms with Gasteiger partial charge in [0, 0.05) is 36.2 Å². The van der Waals surface area contributed by atoms with E-state index >= 15 is 0 Å². The molecule has 5 nitrogen and oxygen atoms in total. The normalized spacial score (nSPS) is 14.9. The Labute approximate surface area is 130 Å². The van der Waals surface area contributed by atoms with Crippen molar-refractivity contribution < 1.29 is 4.79 Å². The number of nitrogens with two attached hydrogens (primary N) is 1. The molecule has 3 N–H and O–H groups in total. The Bertz CT molecular complexity index is 726. The van der Waals surface area contributed by atoms with E-state index in [0.717, 1.165) is 54.6 Å². The second kappa shape index (κ2) is 6.02. The highest BCUT2D eigenvalue weighted by atomic mass is 16.2. The molecule has 0 saturated carbocycles. The second-order valence-electron chi connectivity index (χ2n) is 5.71. The first-order chi connectivity index (χ1) is 10.7. The van der Waals surface area contributed by atoms with Crippen LogP contribution in [-0.2, 0) is 19.4 Å². The fourth-order valence-corrected chi connectivity index (χ4v) is 3.17. The first-order valence-corrected chi connectivity index (χ1v) is 7.85. The summed E-state index contributed by atoms with van der Waals surface area (Å²) in [6.07, 6.45) is 1.80. The number of rotatable bonds is 3. The summed E-state index contributed by atoms with van der Waals surface area (Å²) in [5, 5.41) is 0.902. The lowest BCUT2D eigenvalue weighted by molar-refractivity contribution is 0.0952. The third kappa shape index (κ3) is 2.46. The number of hydrazine groups is 1. The topological polar surface area (TPSA) is 71.2 Å². The first-order valence-electron chi connectivity index (χ1n) is 7.85. The fourth-order valence-electron chi connectivity index (χ4n) is 3.17. The lowest BCUT2D eigenvalue weighted by atomic mass is 9.94. The number of amides is 1. The third-order valence-electron chi connectivity index (χ3n) is 4.50. The number of carbonyl (C=O) groups excluding carboxylic acids is 1. The lowest BCUT2D eigenvalue weighted by Crippen LogP contribution is -2.36. The maximum absolute atomic E-state index is 12.4. The summed E-state index contributed by atoms with van der Waals surface area (Å²) in [5.74, 6) is 5.21. The lowest BCUT2D eigenvalue weighted by Gasteiger charge is -2.29. The monoisotopic (exact) mass is 298 g/mol. The van der Waals surface area contributed by atoms with Crippen LogP contribution < -0.4 is 11.3 Å². The number of aromatic nitrogens is 1. The average Bonchev–Trinajstić information content (AvgIpc) is 2.57. The van der Waals surface area contributed by atoms with Gasteiger partial charge >= 0.3 is 0 Å². The molecule has 2 aromatic rings. The Morgan fingerprint density at radius 2 is 2.23 bits per heavy atom. The summed E-state index contributed by atoms with van der Waals surface area (Å²) in [6, 6.07) is 6.15. The molecule has 0 radical (unpaired) electrons. The number of aryl methyl sites for hydroxylation is 1. The number of benzene rings is 1. The quantitative estimate of drug-likeness (QED) is 0.515. The zero-order chi connectivity index (χ0) is 15.7. The Morgan fingerprint density at radius 1 is 1.41 bits per heavy atom. The minimum atomic E-state index is -0.227. The van der Waals surface area contributed by atoms with E-state index in [2.05, 4.69) is 36.3 Å². The van der Waals surface area contributed by atoms with Gasteiger partial charge in [-0.3, -0.25) is 20.1 Å². The number of hydrogen-bond donors (Lipinski definition) is 2. The van der Waals surface area contributed by atoms with Gasteiger partial charge in [-0.2, -0.15) is 0 Å². The molecule has 0 saturated heterocycles. The van der Waals surface area contributed by atoms with E-state index in [0.29, 0.717) is 5.56 Å². The van der Waals surface area contributed by atoms with E-state index in [1.54, 1.807) is 0 Å². The number of fused-ring (bicyclic) bond motifs is 2. The van der Waals surface area contributed by atoms with Gasteiger partial charge in [-0.25, -0.2) is 5.84 Å². The van der Waals surface area contributed by atoms with Gasteiger partial charge in [0.1, 0.15) is 0 Å². The summed E-state index contributed by atoms with van der Waals surface area (Å²) in [6.45, 7) is 6.95. The molecule has 22 heavy (non-hydrogen) atoms. The number of nitrogens with zero attached hydrogens (tertiary/aromatic N) is 2. The van der Waals surface area contributed by atoms with E-state index in [9.17, 15) is 4.79 Å². The molecule has 0 unspecified atom stereocenters. The third-order valence-corrected chi connectivity index (χ3v) is 4.50. The van der Waals surface area contributed by atoms with Gasteiger partial charge in [-0.1, -0.05) is 19.9 Å². The van der Waals surface area contributed by atoms with Crippen LogP contribution >= 0.6 is 0 Å². The second-order valence-corrected chi connectivity index (χ2v) is 5.71.